The minimum absolute atomic E-state index is 0. The number of benzene rings is 2. The fourth-order valence-corrected chi connectivity index (χ4v) is 4.14. The average Bonchev–Trinajstić information content (AvgIpc) is 2.85. The van der Waals surface area contributed by atoms with Crippen molar-refractivity contribution >= 4 is 29.3 Å². The first-order valence-corrected chi connectivity index (χ1v) is 12.7. The summed E-state index contributed by atoms with van der Waals surface area (Å²) in [4.78, 5) is 35.4. The van der Waals surface area contributed by atoms with E-state index in [1.165, 1.54) is 11.1 Å². The second-order valence-electron chi connectivity index (χ2n) is 10.1. The molecule has 0 aliphatic carbocycles. The third-order valence-corrected chi connectivity index (χ3v) is 6.90. The smallest absolute Gasteiger partial charge is 0.252 e. The Morgan fingerprint density at radius 3 is 2.53 bits per heavy atom. The minimum atomic E-state index is -0.298. The predicted molar refractivity (Wildman–Crippen MR) is 156 cm³/mol. The van der Waals surface area contributed by atoms with Gasteiger partial charge in [-0.25, -0.2) is 0 Å². The Morgan fingerprint density at radius 1 is 1.21 bits per heavy atom. The van der Waals surface area contributed by atoms with Crippen molar-refractivity contribution in [3.05, 3.63) is 64.9 Å². The molecule has 2 aromatic rings. The van der Waals surface area contributed by atoms with E-state index in [0.29, 0.717) is 22.9 Å². The Bertz CT molecular complexity index is 1220. The summed E-state index contributed by atoms with van der Waals surface area (Å²) in [5.41, 5.74) is 10.8. The molecule has 1 heterocycles. The molecule has 0 radical (unpaired) electrons. The molecular formula is C29H42N6O3. The van der Waals surface area contributed by atoms with Gasteiger partial charge in [-0.1, -0.05) is 6.07 Å². The zero-order chi connectivity index (χ0) is 28.0. The zero-order valence-electron chi connectivity index (χ0n) is 23.5. The average molecular weight is 523 g/mol. The van der Waals surface area contributed by atoms with E-state index in [9.17, 15) is 9.59 Å². The number of rotatable bonds is 10. The largest absolute Gasteiger partial charge is 0.497 e. The molecule has 206 valence electrons. The van der Waals surface area contributed by atoms with Gasteiger partial charge in [0.05, 0.1) is 13.2 Å². The lowest BCUT2D eigenvalue weighted by molar-refractivity contribution is -0.127. The van der Waals surface area contributed by atoms with Gasteiger partial charge in [-0.15, -0.1) is 0 Å². The fourth-order valence-electron chi connectivity index (χ4n) is 4.14. The number of amides is 2. The molecule has 1 saturated heterocycles. The number of nitrogens with two attached hydrogens (primary N) is 1. The summed E-state index contributed by atoms with van der Waals surface area (Å²) in [6, 6.07) is 12.0. The van der Waals surface area contributed by atoms with Crippen LogP contribution in [0.15, 0.2) is 47.6 Å². The molecule has 3 rings (SSSR count). The molecule has 0 saturated carbocycles. The van der Waals surface area contributed by atoms with Crippen LogP contribution in [0.4, 0.5) is 5.69 Å². The molecule has 3 N–H and O–H groups in total. The Kier molecular flexibility index (Phi) is 9.52. The number of aliphatic imine (C=N–C) groups is 1. The van der Waals surface area contributed by atoms with Crippen LogP contribution < -0.4 is 20.7 Å². The van der Waals surface area contributed by atoms with Crippen LogP contribution in [-0.4, -0.2) is 88.8 Å². The summed E-state index contributed by atoms with van der Waals surface area (Å²) in [6.07, 6.45) is 3.02. The summed E-state index contributed by atoms with van der Waals surface area (Å²) in [5, 5.41) is 3.13. The highest BCUT2D eigenvalue weighted by molar-refractivity contribution is 6.10. The maximum absolute atomic E-state index is 13.3. The summed E-state index contributed by atoms with van der Waals surface area (Å²) < 4.78 is 5.51. The van der Waals surface area contributed by atoms with Crippen molar-refractivity contribution in [2.45, 2.75) is 25.9 Å². The van der Waals surface area contributed by atoms with Crippen LogP contribution in [0.3, 0.4) is 0 Å². The number of carbonyl (C=O) groups is 2. The van der Waals surface area contributed by atoms with E-state index in [0.717, 1.165) is 35.5 Å². The number of aryl methyl sites for hydroxylation is 1. The minimum Gasteiger partial charge on any atom is -0.497 e. The second kappa shape index (κ2) is 12.6. The molecule has 9 heteroatoms. The molecule has 1 fully saturated rings. The molecule has 38 heavy (non-hydrogen) atoms. The number of ether oxygens (including phenoxy) is 1. The third kappa shape index (κ3) is 6.92. The van der Waals surface area contributed by atoms with Crippen molar-refractivity contribution in [3.63, 3.8) is 0 Å². The van der Waals surface area contributed by atoms with E-state index >= 15 is 0 Å². The topological polar surface area (TPSA) is 104 Å². The third-order valence-electron chi connectivity index (χ3n) is 6.90. The van der Waals surface area contributed by atoms with Gasteiger partial charge in [-0.05, 0) is 75.0 Å². The number of nitrogens with zero attached hydrogens (tertiary/aromatic N) is 4. The SMILES string of the molecule is COc1cc(/C(C=NCC(=O)N(C)C)=C/N)cc([C@@H](C)NC(=O)c2cc(N3CC(N(C)C)C3)ccc2C)c1.[HH]. The first-order valence-electron chi connectivity index (χ1n) is 12.7. The van der Waals surface area contributed by atoms with Crippen LogP contribution in [0.25, 0.3) is 5.57 Å². The quantitative estimate of drug-likeness (QED) is 0.465. The van der Waals surface area contributed by atoms with Gasteiger partial charge in [0.2, 0.25) is 5.91 Å². The van der Waals surface area contributed by atoms with Crippen molar-refractivity contribution in [1.82, 2.24) is 15.1 Å². The number of hydrogen-bond donors (Lipinski definition) is 2. The van der Waals surface area contributed by atoms with Crippen molar-refractivity contribution < 1.29 is 15.8 Å². The maximum atomic E-state index is 13.3. The lowest BCUT2D eigenvalue weighted by Crippen LogP contribution is -2.57. The van der Waals surface area contributed by atoms with Crippen LogP contribution >= 0.6 is 0 Å². The number of methoxy groups -OCH3 is 1. The molecule has 9 nitrogen and oxygen atoms in total. The van der Waals surface area contributed by atoms with Crippen LogP contribution in [0.5, 0.6) is 5.75 Å². The lowest BCUT2D eigenvalue weighted by Gasteiger charge is -2.44. The van der Waals surface area contributed by atoms with Crippen LogP contribution in [0, 0.1) is 6.92 Å². The molecule has 0 bridgehead atoms. The number of likely N-dealkylation sites (N-methyl/N-ethyl adjacent to an activating group) is 2. The lowest BCUT2D eigenvalue weighted by atomic mass is 9.99. The molecular weight excluding hydrogens is 480 g/mol. The van der Waals surface area contributed by atoms with Gasteiger partial charge in [0.25, 0.3) is 5.91 Å². The molecule has 0 unspecified atom stereocenters. The van der Waals surface area contributed by atoms with E-state index in [1.807, 2.05) is 44.2 Å². The van der Waals surface area contributed by atoms with Gasteiger partial charge in [-0.2, -0.15) is 0 Å². The highest BCUT2D eigenvalue weighted by Gasteiger charge is 2.29. The van der Waals surface area contributed by atoms with E-state index in [2.05, 4.69) is 40.3 Å². The molecule has 0 aromatic heterocycles. The van der Waals surface area contributed by atoms with Gasteiger partial charge in [0.1, 0.15) is 12.3 Å². The Balaban J connectivity index is 0.00000533. The van der Waals surface area contributed by atoms with E-state index < -0.39 is 0 Å². The Morgan fingerprint density at radius 2 is 1.92 bits per heavy atom. The van der Waals surface area contributed by atoms with Crippen molar-refractivity contribution in [2.75, 3.05) is 59.8 Å². The van der Waals surface area contributed by atoms with Gasteiger partial charge >= 0.3 is 0 Å². The first kappa shape index (κ1) is 28.7. The molecule has 2 amide bonds. The highest BCUT2D eigenvalue weighted by Crippen LogP contribution is 2.28. The summed E-state index contributed by atoms with van der Waals surface area (Å²) in [7, 11) is 9.14. The standard InChI is InChI=1S/C29H40N6O3.H2/c1-19-8-9-24(35-17-25(18-35)33(3)4)13-27(19)29(37)32-20(2)21-10-22(12-26(11-21)38-7)23(14-30)15-31-16-28(36)34(5)6;/h8-15,20,25H,16-18,30H2,1-7H3,(H,32,37);1H/b23-14+,31-15?;/t20-;/m1./s1. The van der Waals surface area contributed by atoms with Crippen LogP contribution in [0.2, 0.25) is 0 Å². The zero-order valence-corrected chi connectivity index (χ0v) is 23.5. The Labute approximate surface area is 227 Å². The molecule has 0 spiro atoms. The van der Waals surface area contributed by atoms with Crippen LogP contribution in [-0.2, 0) is 4.79 Å². The number of carbonyl (C=O) groups excluding carboxylic acids is 2. The van der Waals surface area contributed by atoms with Gasteiger partial charge in [0.15, 0.2) is 0 Å². The second-order valence-corrected chi connectivity index (χ2v) is 10.1. The van der Waals surface area contributed by atoms with Gasteiger partial charge < -0.3 is 30.5 Å². The normalized spacial score (nSPS) is 14.9. The maximum Gasteiger partial charge on any atom is 0.252 e. The van der Waals surface area contributed by atoms with Crippen molar-refractivity contribution in [1.29, 1.82) is 0 Å². The predicted octanol–water partition coefficient (Wildman–Crippen LogP) is 2.95. The number of nitrogens with one attached hydrogen (secondary N) is 1. The van der Waals surface area contributed by atoms with E-state index in [-0.39, 0.29) is 25.8 Å². The molecule has 1 atom stereocenters. The van der Waals surface area contributed by atoms with Gasteiger partial charge in [-0.3, -0.25) is 14.6 Å². The van der Waals surface area contributed by atoms with Crippen molar-refractivity contribution in [2.24, 2.45) is 10.7 Å². The van der Waals surface area contributed by atoms with Crippen LogP contribution in [0.1, 0.15) is 41.4 Å². The highest BCUT2D eigenvalue weighted by atomic mass is 16.5. The number of allylic oxidation sites excluding steroid dienone is 1. The molecule has 1 aliphatic rings. The summed E-state index contributed by atoms with van der Waals surface area (Å²) in [5.74, 6) is 0.387. The number of anilines is 1. The van der Waals surface area contributed by atoms with E-state index in [1.54, 1.807) is 27.4 Å². The number of hydrogen-bond acceptors (Lipinski definition) is 7. The Hall–Kier alpha value is -3.85. The van der Waals surface area contributed by atoms with Crippen molar-refractivity contribution in [3.8, 4) is 5.75 Å². The van der Waals surface area contributed by atoms with E-state index in [4.69, 9.17) is 10.5 Å². The fraction of sp³-hybridized carbons (Fsp3) is 0.414. The molecule has 2 aromatic carbocycles. The summed E-state index contributed by atoms with van der Waals surface area (Å²) in [6.45, 7) is 5.81. The first-order chi connectivity index (χ1) is 18.0. The molecule has 1 aliphatic heterocycles. The van der Waals surface area contributed by atoms with Gasteiger partial charge in [0, 0.05) is 63.9 Å². The summed E-state index contributed by atoms with van der Waals surface area (Å²) >= 11 is 0. The monoisotopic (exact) mass is 522 g/mol.